The molecular weight excluding hydrogens is 270 g/mol. The van der Waals surface area contributed by atoms with E-state index in [0.29, 0.717) is 18.1 Å². The topological polar surface area (TPSA) is 92.9 Å². The van der Waals surface area contributed by atoms with Crippen molar-refractivity contribution in [3.8, 4) is 5.82 Å². The molecule has 7 heteroatoms. The SMILES string of the molecule is Cc1ccn(-c2ccc(NC(CC(C)C)C(=O)O)nn2)n1. The highest BCUT2D eigenvalue weighted by Gasteiger charge is 2.19. The molecule has 0 saturated carbocycles. The van der Waals surface area contributed by atoms with E-state index in [0.717, 1.165) is 5.69 Å². The van der Waals surface area contributed by atoms with Crippen molar-refractivity contribution in [3.05, 3.63) is 30.1 Å². The van der Waals surface area contributed by atoms with Crippen molar-refractivity contribution in [1.82, 2.24) is 20.0 Å². The van der Waals surface area contributed by atoms with Gasteiger partial charge in [-0.2, -0.15) is 5.10 Å². The molecule has 0 radical (unpaired) electrons. The van der Waals surface area contributed by atoms with Gasteiger partial charge in [0.15, 0.2) is 5.82 Å². The molecule has 2 rings (SSSR count). The molecule has 2 heterocycles. The van der Waals surface area contributed by atoms with Crippen molar-refractivity contribution in [2.45, 2.75) is 33.2 Å². The van der Waals surface area contributed by atoms with Gasteiger partial charge in [0.25, 0.3) is 0 Å². The van der Waals surface area contributed by atoms with Gasteiger partial charge in [-0.1, -0.05) is 13.8 Å². The Labute approximate surface area is 123 Å². The van der Waals surface area contributed by atoms with E-state index < -0.39 is 12.0 Å². The van der Waals surface area contributed by atoms with Gasteiger partial charge in [0, 0.05) is 6.20 Å². The monoisotopic (exact) mass is 289 g/mol. The summed E-state index contributed by atoms with van der Waals surface area (Å²) in [5, 5.41) is 24.4. The first-order valence-electron chi connectivity index (χ1n) is 6.81. The van der Waals surface area contributed by atoms with Gasteiger partial charge in [0.1, 0.15) is 11.9 Å². The Morgan fingerprint density at radius 3 is 2.57 bits per heavy atom. The van der Waals surface area contributed by atoms with Gasteiger partial charge in [-0.3, -0.25) is 0 Å². The second-order valence-corrected chi connectivity index (χ2v) is 5.34. The van der Waals surface area contributed by atoms with E-state index in [2.05, 4.69) is 20.6 Å². The van der Waals surface area contributed by atoms with Crippen LogP contribution >= 0.6 is 0 Å². The number of anilines is 1. The van der Waals surface area contributed by atoms with Crippen LogP contribution in [0.3, 0.4) is 0 Å². The number of rotatable bonds is 6. The molecule has 0 amide bonds. The molecule has 21 heavy (non-hydrogen) atoms. The minimum atomic E-state index is -0.891. The second kappa shape index (κ2) is 6.34. The van der Waals surface area contributed by atoms with Crippen LogP contribution in [-0.2, 0) is 4.79 Å². The molecule has 1 atom stereocenters. The van der Waals surface area contributed by atoms with E-state index in [1.54, 1.807) is 23.0 Å². The lowest BCUT2D eigenvalue weighted by Crippen LogP contribution is -2.31. The van der Waals surface area contributed by atoms with Gasteiger partial charge in [-0.15, -0.1) is 10.2 Å². The number of nitrogens with one attached hydrogen (secondary N) is 1. The number of carboxylic acids is 1. The molecule has 0 aliphatic carbocycles. The highest BCUT2D eigenvalue weighted by molar-refractivity contribution is 5.76. The predicted molar refractivity (Wildman–Crippen MR) is 78.4 cm³/mol. The van der Waals surface area contributed by atoms with Gasteiger partial charge in [0.2, 0.25) is 0 Å². The van der Waals surface area contributed by atoms with E-state index in [1.165, 1.54) is 0 Å². The summed E-state index contributed by atoms with van der Waals surface area (Å²) in [6.07, 6.45) is 2.32. The average Bonchev–Trinajstić information content (AvgIpc) is 2.85. The predicted octanol–water partition coefficient (Wildman–Crippen LogP) is 1.88. The molecular formula is C14H19N5O2. The van der Waals surface area contributed by atoms with E-state index in [4.69, 9.17) is 0 Å². The molecule has 1 unspecified atom stereocenters. The van der Waals surface area contributed by atoms with E-state index in [1.807, 2.05) is 26.8 Å². The number of carbonyl (C=O) groups is 1. The molecule has 2 aromatic heterocycles. The zero-order valence-electron chi connectivity index (χ0n) is 12.3. The first-order chi connectivity index (χ1) is 9.95. The molecule has 0 fully saturated rings. The van der Waals surface area contributed by atoms with E-state index in [9.17, 15) is 9.90 Å². The third kappa shape index (κ3) is 4.01. The number of aromatic nitrogens is 4. The minimum absolute atomic E-state index is 0.276. The van der Waals surface area contributed by atoms with Crippen molar-refractivity contribution >= 4 is 11.8 Å². The van der Waals surface area contributed by atoms with Crippen LogP contribution in [0.1, 0.15) is 26.0 Å². The normalized spacial score (nSPS) is 12.4. The van der Waals surface area contributed by atoms with Crippen LogP contribution in [-0.4, -0.2) is 37.1 Å². The third-order valence-corrected chi connectivity index (χ3v) is 2.93. The summed E-state index contributed by atoms with van der Waals surface area (Å²) in [4.78, 5) is 11.2. The van der Waals surface area contributed by atoms with Gasteiger partial charge in [-0.25, -0.2) is 9.48 Å². The molecule has 0 aliphatic heterocycles. The Morgan fingerprint density at radius 1 is 1.33 bits per heavy atom. The highest BCUT2D eigenvalue weighted by atomic mass is 16.4. The van der Waals surface area contributed by atoms with Crippen molar-refractivity contribution in [2.75, 3.05) is 5.32 Å². The van der Waals surface area contributed by atoms with Crippen LogP contribution < -0.4 is 5.32 Å². The molecule has 112 valence electrons. The summed E-state index contributed by atoms with van der Waals surface area (Å²) in [6, 6.07) is 4.65. The summed E-state index contributed by atoms with van der Waals surface area (Å²) in [5.41, 5.74) is 0.891. The fourth-order valence-corrected chi connectivity index (χ4v) is 1.94. The first-order valence-corrected chi connectivity index (χ1v) is 6.81. The fourth-order valence-electron chi connectivity index (χ4n) is 1.94. The number of aliphatic carboxylic acids is 1. The van der Waals surface area contributed by atoms with Crippen molar-refractivity contribution < 1.29 is 9.90 Å². The van der Waals surface area contributed by atoms with Crippen molar-refractivity contribution in [1.29, 1.82) is 0 Å². The lowest BCUT2D eigenvalue weighted by molar-refractivity contribution is -0.138. The molecule has 0 aromatic carbocycles. The Balaban J connectivity index is 2.09. The lowest BCUT2D eigenvalue weighted by Gasteiger charge is -2.16. The first kappa shape index (κ1) is 15.0. The molecule has 0 aliphatic rings. The molecule has 2 N–H and O–H groups in total. The van der Waals surface area contributed by atoms with E-state index in [-0.39, 0.29) is 5.92 Å². The van der Waals surface area contributed by atoms with Gasteiger partial charge in [-0.05, 0) is 37.5 Å². The maximum Gasteiger partial charge on any atom is 0.326 e. The summed E-state index contributed by atoms with van der Waals surface area (Å²) < 4.78 is 1.62. The Hall–Kier alpha value is -2.44. The van der Waals surface area contributed by atoms with Crippen LogP contribution in [0.4, 0.5) is 5.82 Å². The molecule has 0 saturated heterocycles. The number of nitrogens with zero attached hydrogens (tertiary/aromatic N) is 4. The van der Waals surface area contributed by atoms with Crippen molar-refractivity contribution in [3.63, 3.8) is 0 Å². The van der Waals surface area contributed by atoms with Gasteiger partial charge < -0.3 is 10.4 Å². The molecule has 7 nitrogen and oxygen atoms in total. The van der Waals surface area contributed by atoms with Gasteiger partial charge >= 0.3 is 5.97 Å². The molecule has 2 aromatic rings. The zero-order chi connectivity index (χ0) is 15.4. The van der Waals surface area contributed by atoms with Crippen LogP contribution in [0, 0.1) is 12.8 Å². The van der Waals surface area contributed by atoms with Gasteiger partial charge in [0.05, 0.1) is 5.69 Å². The summed E-state index contributed by atoms with van der Waals surface area (Å²) in [5.74, 6) is 0.412. The number of hydrogen-bond acceptors (Lipinski definition) is 5. The number of aryl methyl sites for hydroxylation is 1. The third-order valence-electron chi connectivity index (χ3n) is 2.93. The average molecular weight is 289 g/mol. The zero-order valence-corrected chi connectivity index (χ0v) is 12.3. The Kier molecular flexibility index (Phi) is 4.52. The number of carboxylic acid groups (broad SMARTS) is 1. The maximum atomic E-state index is 11.2. The fraction of sp³-hybridized carbons (Fsp3) is 0.429. The van der Waals surface area contributed by atoms with Crippen LogP contribution in [0.15, 0.2) is 24.4 Å². The van der Waals surface area contributed by atoms with Crippen molar-refractivity contribution in [2.24, 2.45) is 5.92 Å². The standard InChI is InChI=1S/C14H19N5O2/c1-9(2)8-11(14(20)21)15-12-4-5-13(17-16-12)19-7-6-10(3)18-19/h4-7,9,11H,8H2,1-3H3,(H,15,16)(H,20,21). The van der Waals surface area contributed by atoms with E-state index >= 15 is 0 Å². The lowest BCUT2D eigenvalue weighted by atomic mass is 10.0. The van der Waals surface area contributed by atoms with Crippen LogP contribution in [0.25, 0.3) is 5.82 Å². The molecule has 0 spiro atoms. The number of hydrogen-bond donors (Lipinski definition) is 2. The Bertz CT molecular complexity index is 606. The summed E-state index contributed by atoms with van der Waals surface area (Å²) in [6.45, 7) is 5.85. The smallest absolute Gasteiger partial charge is 0.326 e. The second-order valence-electron chi connectivity index (χ2n) is 5.34. The quantitative estimate of drug-likeness (QED) is 0.843. The molecule has 0 bridgehead atoms. The largest absolute Gasteiger partial charge is 0.480 e. The van der Waals surface area contributed by atoms with Crippen LogP contribution in [0.5, 0.6) is 0 Å². The minimum Gasteiger partial charge on any atom is -0.480 e. The maximum absolute atomic E-state index is 11.2. The summed E-state index contributed by atoms with van der Waals surface area (Å²) in [7, 11) is 0. The van der Waals surface area contributed by atoms with Crippen LogP contribution in [0.2, 0.25) is 0 Å². The Morgan fingerprint density at radius 2 is 2.10 bits per heavy atom. The summed E-state index contributed by atoms with van der Waals surface area (Å²) >= 11 is 0. The highest BCUT2D eigenvalue weighted by Crippen LogP contribution is 2.12.